The van der Waals surface area contributed by atoms with Crippen LogP contribution in [0.2, 0.25) is 0 Å². The highest BCUT2D eigenvalue weighted by atomic mass is 79.9. The van der Waals surface area contributed by atoms with Crippen LogP contribution in [-0.4, -0.2) is 24.2 Å². The molecule has 3 aromatic rings. The van der Waals surface area contributed by atoms with Crippen LogP contribution >= 0.6 is 15.9 Å². The van der Waals surface area contributed by atoms with E-state index in [1.54, 1.807) is 54.6 Å². The first kappa shape index (κ1) is 22.0. The average Bonchev–Trinajstić information content (AvgIpc) is 2.78. The van der Waals surface area contributed by atoms with Crippen molar-refractivity contribution in [2.24, 2.45) is 5.10 Å². The number of hydrogen-bond donors (Lipinski definition) is 1. The number of nitro groups is 1. The molecule has 0 aliphatic carbocycles. The van der Waals surface area contributed by atoms with Gasteiger partial charge in [-0.2, -0.15) is 5.10 Å². The Hall–Kier alpha value is -3.72. The van der Waals surface area contributed by atoms with Crippen molar-refractivity contribution in [2.75, 3.05) is 7.11 Å². The summed E-state index contributed by atoms with van der Waals surface area (Å²) in [5.41, 5.74) is 4.31. The quantitative estimate of drug-likeness (QED) is 0.284. The van der Waals surface area contributed by atoms with E-state index in [-0.39, 0.29) is 18.2 Å². The molecule has 0 bridgehead atoms. The molecule has 0 aromatic heterocycles. The van der Waals surface area contributed by atoms with Crippen molar-refractivity contribution in [2.45, 2.75) is 6.61 Å². The minimum Gasteiger partial charge on any atom is -0.493 e. The fraction of sp³-hybridized carbons (Fsp3) is 0.0909. The topological polar surface area (TPSA) is 103 Å². The van der Waals surface area contributed by atoms with Crippen LogP contribution in [-0.2, 0) is 6.61 Å². The number of hydrogen-bond acceptors (Lipinski definition) is 6. The Morgan fingerprint density at radius 2 is 1.84 bits per heavy atom. The highest BCUT2D eigenvalue weighted by Gasteiger charge is 2.11. The van der Waals surface area contributed by atoms with Gasteiger partial charge in [-0.1, -0.05) is 22.0 Å². The van der Waals surface area contributed by atoms with Crippen LogP contribution in [0.4, 0.5) is 5.69 Å². The van der Waals surface area contributed by atoms with E-state index < -0.39 is 4.92 Å². The number of benzene rings is 3. The summed E-state index contributed by atoms with van der Waals surface area (Å²) in [7, 11) is 1.52. The lowest BCUT2D eigenvalue weighted by Crippen LogP contribution is -2.17. The van der Waals surface area contributed by atoms with Gasteiger partial charge < -0.3 is 9.47 Å². The number of nitro benzene ring substituents is 1. The van der Waals surface area contributed by atoms with Gasteiger partial charge in [0.25, 0.3) is 11.6 Å². The molecule has 31 heavy (non-hydrogen) atoms. The van der Waals surface area contributed by atoms with Crippen LogP contribution in [0.5, 0.6) is 11.5 Å². The summed E-state index contributed by atoms with van der Waals surface area (Å²) < 4.78 is 12.1. The maximum absolute atomic E-state index is 12.2. The molecule has 0 spiro atoms. The highest BCUT2D eigenvalue weighted by molar-refractivity contribution is 9.10. The molecule has 0 saturated carbocycles. The first-order chi connectivity index (χ1) is 15.0. The molecule has 9 heteroatoms. The number of halogens is 1. The molecule has 158 valence electrons. The molecule has 0 heterocycles. The summed E-state index contributed by atoms with van der Waals surface area (Å²) in [6, 6.07) is 18.3. The highest BCUT2D eigenvalue weighted by Crippen LogP contribution is 2.31. The Kier molecular flexibility index (Phi) is 7.34. The number of methoxy groups -OCH3 is 1. The third-order valence-corrected chi connectivity index (χ3v) is 4.76. The van der Waals surface area contributed by atoms with E-state index in [2.05, 4.69) is 26.5 Å². The fourth-order valence-corrected chi connectivity index (χ4v) is 2.91. The summed E-state index contributed by atoms with van der Waals surface area (Å²) in [4.78, 5) is 22.5. The second-order valence-electron chi connectivity index (χ2n) is 6.30. The molecule has 3 aromatic carbocycles. The number of carbonyl (C=O) groups is 1. The summed E-state index contributed by atoms with van der Waals surface area (Å²) in [5.74, 6) is 0.579. The smallest absolute Gasteiger partial charge is 0.271 e. The zero-order chi connectivity index (χ0) is 22.2. The van der Waals surface area contributed by atoms with Gasteiger partial charge in [-0.05, 0) is 54.1 Å². The third kappa shape index (κ3) is 5.89. The monoisotopic (exact) mass is 483 g/mol. The van der Waals surface area contributed by atoms with Crippen LogP contribution in [0.15, 0.2) is 76.3 Å². The molecule has 0 radical (unpaired) electrons. The molecule has 0 unspecified atom stereocenters. The Bertz CT molecular complexity index is 1100. The van der Waals surface area contributed by atoms with Crippen molar-refractivity contribution in [1.29, 1.82) is 0 Å². The average molecular weight is 484 g/mol. The number of nitrogens with zero attached hydrogens (tertiary/aromatic N) is 2. The molecule has 8 nitrogen and oxygen atoms in total. The molecule has 0 fully saturated rings. The van der Waals surface area contributed by atoms with E-state index in [0.29, 0.717) is 22.6 Å². The molecule has 1 amide bonds. The van der Waals surface area contributed by atoms with Gasteiger partial charge in [0.2, 0.25) is 0 Å². The molecular formula is C22H18BrN3O5. The number of amides is 1. The summed E-state index contributed by atoms with van der Waals surface area (Å²) in [6.07, 6.45) is 1.46. The van der Waals surface area contributed by atoms with E-state index in [4.69, 9.17) is 9.47 Å². The van der Waals surface area contributed by atoms with Gasteiger partial charge in [0.05, 0.1) is 18.2 Å². The zero-order valence-corrected chi connectivity index (χ0v) is 18.0. The number of rotatable bonds is 8. The SMILES string of the molecule is COc1cccc(/C=N/NC(=O)c2ccc(Br)cc2)c1OCc1ccc([N+](=O)[O-])cc1. The Balaban J connectivity index is 1.72. The molecule has 0 aliphatic rings. The summed E-state index contributed by atoms with van der Waals surface area (Å²) in [6.45, 7) is 0.171. The van der Waals surface area contributed by atoms with Crippen molar-refractivity contribution >= 4 is 33.7 Å². The van der Waals surface area contributed by atoms with Gasteiger partial charge in [-0.25, -0.2) is 5.43 Å². The van der Waals surface area contributed by atoms with Gasteiger partial charge in [0.1, 0.15) is 6.61 Å². The molecule has 0 saturated heterocycles. The van der Waals surface area contributed by atoms with Gasteiger partial charge in [0.15, 0.2) is 11.5 Å². The Morgan fingerprint density at radius 1 is 1.13 bits per heavy atom. The standard InChI is InChI=1S/C22H18BrN3O5/c1-30-20-4-2-3-17(13-24-25-22(27)16-7-9-18(23)10-8-16)21(20)31-14-15-5-11-19(12-6-15)26(28)29/h2-13H,14H2,1H3,(H,25,27)/b24-13+. The number of non-ortho nitro benzene ring substituents is 1. The lowest BCUT2D eigenvalue weighted by Gasteiger charge is -2.13. The molecule has 0 atom stereocenters. The van der Waals surface area contributed by atoms with Crippen molar-refractivity contribution in [3.63, 3.8) is 0 Å². The fourth-order valence-electron chi connectivity index (χ4n) is 2.65. The van der Waals surface area contributed by atoms with Crippen LogP contribution in [0.25, 0.3) is 0 Å². The molecule has 1 N–H and O–H groups in total. The Labute approximate surface area is 186 Å². The maximum Gasteiger partial charge on any atom is 0.271 e. The summed E-state index contributed by atoms with van der Waals surface area (Å²) >= 11 is 3.32. The van der Waals surface area contributed by atoms with E-state index in [0.717, 1.165) is 10.0 Å². The number of nitrogens with one attached hydrogen (secondary N) is 1. The predicted molar refractivity (Wildman–Crippen MR) is 120 cm³/mol. The number of para-hydroxylation sites is 1. The minimum atomic E-state index is -0.456. The van der Waals surface area contributed by atoms with Crippen molar-refractivity contribution in [1.82, 2.24) is 5.43 Å². The van der Waals surface area contributed by atoms with Crippen LogP contribution in [0, 0.1) is 10.1 Å². The lowest BCUT2D eigenvalue weighted by molar-refractivity contribution is -0.384. The van der Waals surface area contributed by atoms with E-state index in [9.17, 15) is 14.9 Å². The van der Waals surface area contributed by atoms with Crippen LogP contribution in [0.1, 0.15) is 21.5 Å². The second kappa shape index (κ2) is 10.4. The Morgan fingerprint density at radius 3 is 2.48 bits per heavy atom. The molecule has 3 rings (SSSR count). The van der Waals surface area contributed by atoms with E-state index in [1.807, 2.05) is 0 Å². The van der Waals surface area contributed by atoms with Crippen molar-refractivity contribution in [3.8, 4) is 11.5 Å². The number of carbonyl (C=O) groups excluding carboxylic acids is 1. The van der Waals surface area contributed by atoms with Crippen molar-refractivity contribution < 1.29 is 19.2 Å². The van der Waals surface area contributed by atoms with E-state index in [1.165, 1.54) is 25.5 Å². The number of ether oxygens (including phenoxy) is 2. The van der Waals surface area contributed by atoms with Gasteiger partial charge >= 0.3 is 0 Å². The third-order valence-electron chi connectivity index (χ3n) is 4.24. The van der Waals surface area contributed by atoms with Crippen LogP contribution < -0.4 is 14.9 Å². The van der Waals surface area contributed by atoms with Crippen LogP contribution in [0.3, 0.4) is 0 Å². The normalized spacial score (nSPS) is 10.6. The van der Waals surface area contributed by atoms with Gasteiger partial charge in [-0.3, -0.25) is 14.9 Å². The van der Waals surface area contributed by atoms with Gasteiger partial charge in [0, 0.05) is 27.7 Å². The zero-order valence-electron chi connectivity index (χ0n) is 16.4. The lowest BCUT2D eigenvalue weighted by atomic mass is 10.2. The largest absolute Gasteiger partial charge is 0.493 e. The molecule has 0 aliphatic heterocycles. The number of hydrazone groups is 1. The second-order valence-corrected chi connectivity index (χ2v) is 7.21. The maximum atomic E-state index is 12.2. The predicted octanol–water partition coefficient (Wildman–Crippen LogP) is 4.71. The minimum absolute atomic E-state index is 0.00961. The van der Waals surface area contributed by atoms with E-state index >= 15 is 0 Å². The first-order valence-corrected chi connectivity index (χ1v) is 9.89. The van der Waals surface area contributed by atoms with Crippen molar-refractivity contribution in [3.05, 3.63) is 98.0 Å². The molecular weight excluding hydrogens is 466 g/mol. The summed E-state index contributed by atoms with van der Waals surface area (Å²) in [5, 5.41) is 14.8. The first-order valence-electron chi connectivity index (χ1n) is 9.10. The van der Waals surface area contributed by atoms with Gasteiger partial charge in [-0.15, -0.1) is 0 Å².